The van der Waals surface area contributed by atoms with E-state index in [4.69, 9.17) is 6.85 Å². The summed E-state index contributed by atoms with van der Waals surface area (Å²) in [6, 6.07) is 68.9. The maximum Gasteiger partial charge on any atom is 0.220 e. The first-order valence-electron chi connectivity index (χ1n) is 26.8. The third-order valence-corrected chi connectivity index (χ3v) is 17.0. The van der Waals surface area contributed by atoms with Crippen LogP contribution in [0.25, 0.3) is 145 Å². The quantitative estimate of drug-likeness (QED) is 0.153. The maximum absolute atomic E-state index is 12.3. The van der Waals surface area contributed by atoms with Gasteiger partial charge in [-0.3, -0.25) is 0 Å². The number of nitrogens with zero attached hydrogens (tertiary/aromatic N) is 4. The van der Waals surface area contributed by atoms with Crippen molar-refractivity contribution in [2.45, 2.75) is 0 Å². The van der Waals surface area contributed by atoms with Gasteiger partial charge in [0.1, 0.15) is 6.07 Å². The smallest absolute Gasteiger partial charge is 0.220 e. The number of rotatable bonds is 6. The van der Waals surface area contributed by atoms with Gasteiger partial charge < -0.3 is 9.13 Å². The number of para-hydroxylation sites is 1. The molecule has 0 radical (unpaired) electrons. The summed E-state index contributed by atoms with van der Waals surface area (Å²) in [5, 5.41) is 20.5. The summed E-state index contributed by atoms with van der Waals surface area (Å²) < 4.78 is 52.9. The fourth-order valence-corrected chi connectivity index (χ4v) is 14.0. The van der Waals surface area contributed by atoms with Crippen molar-refractivity contribution in [1.29, 1.82) is 5.26 Å². The summed E-state index contributed by atoms with van der Waals surface area (Å²) in [7, 11) is 0. The first-order valence-corrected chi connectivity index (χ1v) is 25.9. The lowest BCUT2D eigenvalue weighted by Gasteiger charge is -2.26. The van der Waals surface area contributed by atoms with E-state index in [1.54, 1.807) is 22.7 Å². The Labute approximate surface area is 440 Å². The summed E-state index contributed by atoms with van der Waals surface area (Å²) in [5.74, 6) is 0. The normalized spacial score (nSPS) is 12.7. The molecule has 0 aliphatic carbocycles. The van der Waals surface area contributed by atoms with Gasteiger partial charge in [-0.2, -0.15) is 5.26 Å². The zero-order valence-electron chi connectivity index (χ0n) is 44.2. The number of fused-ring (bicyclic) bond motifs is 14. The van der Waals surface area contributed by atoms with Crippen LogP contribution in [0.4, 0.5) is 5.69 Å². The van der Waals surface area contributed by atoms with Crippen LogP contribution in [0, 0.1) is 17.9 Å². The lowest BCUT2D eigenvalue weighted by Crippen LogP contribution is -2.09. The molecule has 11 aromatic carbocycles. The van der Waals surface area contributed by atoms with E-state index in [1.807, 2.05) is 97.1 Å². The first kappa shape index (κ1) is 37.3. The minimum Gasteiger partial charge on any atom is -0.318 e. The summed E-state index contributed by atoms with van der Waals surface area (Å²) in [6.07, 6.45) is 0. The Balaban J connectivity index is 1.20. The number of thiophene rings is 2. The molecule has 0 fully saturated rings. The highest BCUT2D eigenvalue weighted by molar-refractivity contribution is 7.27. The van der Waals surface area contributed by atoms with Gasteiger partial charge in [-0.1, -0.05) is 200 Å². The third-order valence-electron chi connectivity index (χ3n) is 14.7. The van der Waals surface area contributed by atoms with Crippen molar-refractivity contribution >= 4 is 112 Å². The highest BCUT2D eigenvalue weighted by atomic mass is 32.1. The maximum atomic E-state index is 12.3. The monoisotopic (exact) mass is 979 g/mol. The zero-order valence-corrected chi connectivity index (χ0v) is 40.8. The van der Waals surface area contributed by atoms with Crippen molar-refractivity contribution < 1.29 is 6.85 Å². The van der Waals surface area contributed by atoms with Crippen LogP contribution in [-0.4, -0.2) is 9.13 Å². The van der Waals surface area contributed by atoms with E-state index in [1.165, 1.54) is 0 Å². The molecule has 0 aliphatic heterocycles. The summed E-state index contributed by atoms with van der Waals surface area (Å²) in [4.78, 5) is 4.53. The number of nitriles is 1. The van der Waals surface area contributed by atoms with Gasteiger partial charge in [-0.25, -0.2) is 4.85 Å². The van der Waals surface area contributed by atoms with Crippen molar-refractivity contribution in [2.24, 2.45) is 0 Å². The van der Waals surface area contributed by atoms with Crippen molar-refractivity contribution in [3.05, 3.63) is 247 Å². The second-order valence-corrected chi connectivity index (χ2v) is 20.6. The minimum atomic E-state index is -0.468. The standard InChI is InChI=1S/C68H38N4S2/c1-70-62-60(43-22-10-4-11-23-43)55(40-69)63(61(44-24-12-5-13-25-44)66(62)71-56-28-16-14-26-47(56)48-32-30-46(39-57(48)71)42-20-8-3-9-21-42)72-64-50(33-35-52-49-27-15-17-29-58(49)73-67(52)64)51-34-36-53-54-38-45(41-18-6-2-7-19-41)31-37-59(54)74-68(53)65(51)72/h2-39H/i3D,8D,9D,20D,21D. The molecule has 6 heteroatoms. The van der Waals surface area contributed by atoms with Crippen LogP contribution in [0.2, 0.25) is 0 Å². The molecular formula is C68H38N4S2. The van der Waals surface area contributed by atoms with Gasteiger partial charge in [0.2, 0.25) is 5.69 Å². The Morgan fingerprint density at radius 2 is 0.946 bits per heavy atom. The second-order valence-electron chi connectivity index (χ2n) is 18.5. The first-order chi connectivity index (χ1) is 38.7. The highest BCUT2D eigenvalue weighted by Crippen LogP contribution is 2.55. The molecule has 0 spiro atoms. The molecule has 74 heavy (non-hydrogen) atoms. The number of aromatic nitrogens is 2. The van der Waals surface area contributed by atoms with Gasteiger partial charge in [0.05, 0.1) is 61.8 Å². The highest BCUT2D eigenvalue weighted by Gasteiger charge is 2.33. The molecular weight excluding hydrogens is 937 g/mol. The molecule has 15 aromatic rings. The van der Waals surface area contributed by atoms with Crippen LogP contribution in [0.3, 0.4) is 0 Å². The topological polar surface area (TPSA) is 38.0 Å². The van der Waals surface area contributed by atoms with E-state index >= 15 is 0 Å². The summed E-state index contributed by atoms with van der Waals surface area (Å²) in [6.45, 7) is 9.44. The van der Waals surface area contributed by atoms with Crippen molar-refractivity contribution in [3.63, 3.8) is 0 Å². The Bertz CT molecular complexity index is 5190. The van der Waals surface area contributed by atoms with E-state index in [0.717, 1.165) is 95.1 Å². The van der Waals surface area contributed by atoms with Crippen molar-refractivity contribution in [3.8, 4) is 62.0 Å². The van der Waals surface area contributed by atoms with Crippen LogP contribution >= 0.6 is 22.7 Å². The van der Waals surface area contributed by atoms with Gasteiger partial charge in [-0.15, -0.1) is 22.7 Å². The third kappa shape index (κ3) is 6.11. The molecule has 0 saturated heterocycles. The fourth-order valence-electron chi connectivity index (χ4n) is 11.5. The number of hydrogen-bond donors (Lipinski definition) is 0. The lowest BCUT2D eigenvalue weighted by atomic mass is 9.88. The van der Waals surface area contributed by atoms with Gasteiger partial charge in [0.15, 0.2) is 0 Å². The molecule has 0 unspecified atom stereocenters. The Morgan fingerprint density at radius 3 is 1.62 bits per heavy atom. The van der Waals surface area contributed by atoms with Crippen molar-refractivity contribution in [2.75, 3.05) is 0 Å². The van der Waals surface area contributed by atoms with Crippen LogP contribution in [0.15, 0.2) is 230 Å². The molecule has 342 valence electrons. The molecule has 15 rings (SSSR count). The van der Waals surface area contributed by atoms with Crippen molar-refractivity contribution in [1.82, 2.24) is 9.13 Å². The van der Waals surface area contributed by atoms with Gasteiger partial charge >= 0.3 is 0 Å². The predicted molar refractivity (Wildman–Crippen MR) is 314 cm³/mol. The SMILES string of the molecule is [2H]c1c([2H])c([2H])c(-c2ccc3c4ccccc4n(-c4c([N+]#[C-])c(-c5ccccc5)c(C#N)c(-n5c6c(ccc7c8ccccc8sc76)c6ccc7c8cc(-c9ccccc9)ccc8sc7c65)c4-c4ccccc4)c3c2)c([2H])c1[2H]. The second kappa shape index (κ2) is 16.5. The average molecular weight is 980 g/mol. The van der Waals surface area contributed by atoms with E-state index in [0.29, 0.717) is 44.7 Å². The van der Waals surface area contributed by atoms with Crippen LogP contribution < -0.4 is 0 Å². The number of benzene rings is 11. The molecule has 4 heterocycles. The van der Waals surface area contributed by atoms with E-state index in [-0.39, 0.29) is 23.3 Å². The zero-order chi connectivity index (χ0) is 53.4. The summed E-state index contributed by atoms with van der Waals surface area (Å²) >= 11 is 3.48. The lowest BCUT2D eigenvalue weighted by molar-refractivity contribution is 1.14. The Hall–Kier alpha value is -9.56. The van der Waals surface area contributed by atoms with Gasteiger partial charge in [0, 0.05) is 63.6 Å². The van der Waals surface area contributed by atoms with Crippen LogP contribution in [0.5, 0.6) is 0 Å². The predicted octanol–water partition coefficient (Wildman–Crippen LogP) is 19.7. The summed E-state index contributed by atoms with van der Waals surface area (Å²) in [5.41, 5.74) is 10.4. The molecule has 0 bridgehead atoms. The van der Waals surface area contributed by atoms with E-state index < -0.39 is 18.1 Å². The van der Waals surface area contributed by atoms with Crippen LogP contribution in [-0.2, 0) is 0 Å². The Kier molecular flexibility index (Phi) is 8.31. The van der Waals surface area contributed by atoms with Gasteiger partial charge in [-0.05, 0) is 63.7 Å². The molecule has 0 N–H and O–H groups in total. The fraction of sp³-hybridized carbons (Fsp3) is 0. The van der Waals surface area contributed by atoms with Gasteiger partial charge in [0.25, 0.3) is 0 Å². The van der Waals surface area contributed by atoms with E-state index in [9.17, 15) is 11.8 Å². The molecule has 0 saturated carbocycles. The average Bonchev–Trinajstić information content (AvgIpc) is 3.75. The molecule has 4 aromatic heterocycles. The molecule has 0 amide bonds. The largest absolute Gasteiger partial charge is 0.318 e. The number of hydrogen-bond acceptors (Lipinski definition) is 3. The van der Waals surface area contributed by atoms with Crippen LogP contribution in [0.1, 0.15) is 12.4 Å². The van der Waals surface area contributed by atoms with E-state index in [2.05, 4.69) is 123 Å². The molecule has 0 aliphatic rings. The molecule has 4 nitrogen and oxygen atoms in total. The molecule has 0 atom stereocenters. The minimum absolute atomic E-state index is 0.0738. The Morgan fingerprint density at radius 1 is 0.419 bits per heavy atom.